The summed E-state index contributed by atoms with van der Waals surface area (Å²) in [6.07, 6.45) is 1.95. The van der Waals surface area contributed by atoms with E-state index in [-0.39, 0.29) is 6.61 Å². The summed E-state index contributed by atoms with van der Waals surface area (Å²) in [5, 5.41) is 10.9. The number of likely N-dealkylation sites (tertiary alicyclic amines) is 1. The van der Waals surface area contributed by atoms with Gasteiger partial charge in [-0.05, 0) is 44.1 Å². The summed E-state index contributed by atoms with van der Waals surface area (Å²) < 4.78 is 5.50. The minimum atomic E-state index is -0.491. The standard InChI is InChI=1S/C13H17Cl2NO2/c14-10-3-4-13(12(15)7-10)18-9-11(17)8-16-5-1-2-6-16/h3-4,7,11,17H,1-2,5-6,8-9H2/t11-/m1/s1. The Balaban J connectivity index is 1.79. The van der Waals surface area contributed by atoms with Crippen LogP contribution in [0.3, 0.4) is 0 Å². The lowest BCUT2D eigenvalue weighted by Crippen LogP contribution is -2.33. The van der Waals surface area contributed by atoms with E-state index in [1.165, 1.54) is 12.8 Å². The van der Waals surface area contributed by atoms with Crippen molar-refractivity contribution in [2.45, 2.75) is 18.9 Å². The first kappa shape index (κ1) is 13.9. The number of β-amino-alcohol motifs (C(OH)–C–C–N with tert-alkyl or cyclic N) is 1. The average Bonchev–Trinajstić information content (AvgIpc) is 2.80. The molecule has 0 amide bonds. The molecule has 0 unspecified atom stereocenters. The van der Waals surface area contributed by atoms with Gasteiger partial charge in [-0.2, -0.15) is 0 Å². The monoisotopic (exact) mass is 289 g/mol. The van der Waals surface area contributed by atoms with Gasteiger partial charge in [0.05, 0.1) is 5.02 Å². The molecule has 1 fully saturated rings. The van der Waals surface area contributed by atoms with E-state index in [9.17, 15) is 5.11 Å². The molecule has 0 spiro atoms. The van der Waals surface area contributed by atoms with Crippen LogP contribution in [0.25, 0.3) is 0 Å². The highest BCUT2D eigenvalue weighted by Gasteiger charge is 2.16. The zero-order valence-corrected chi connectivity index (χ0v) is 11.6. The van der Waals surface area contributed by atoms with Gasteiger partial charge in [-0.1, -0.05) is 23.2 Å². The summed E-state index contributed by atoms with van der Waals surface area (Å²) >= 11 is 11.8. The summed E-state index contributed by atoms with van der Waals surface area (Å²) in [7, 11) is 0. The van der Waals surface area contributed by atoms with E-state index in [0.29, 0.717) is 22.3 Å². The molecule has 0 aliphatic carbocycles. The number of benzene rings is 1. The molecule has 100 valence electrons. The summed E-state index contributed by atoms with van der Waals surface area (Å²) in [6, 6.07) is 5.06. The van der Waals surface area contributed by atoms with Crippen LogP contribution in [-0.4, -0.2) is 42.4 Å². The molecule has 1 N–H and O–H groups in total. The lowest BCUT2D eigenvalue weighted by atomic mass is 10.3. The molecular weight excluding hydrogens is 273 g/mol. The normalized spacial score (nSPS) is 17.9. The molecule has 1 aliphatic heterocycles. The fourth-order valence-corrected chi connectivity index (χ4v) is 2.56. The highest BCUT2D eigenvalue weighted by atomic mass is 35.5. The third-order valence-electron chi connectivity index (χ3n) is 2.99. The number of aliphatic hydroxyl groups excluding tert-OH is 1. The minimum absolute atomic E-state index is 0.248. The fourth-order valence-electron chi connectivity index (χ4n) is 2.09. The van der Waals surface area contributed by atoms with E-state index in [2.05, 4.69) is 4.90 Å². The Hall–Kier alpha value is -0.480. The molecule has 1 heterocycles. The smallest absolute Gasteiger partial charge is 0.138 e. The zero-order valence-electron chi connectivity index (χ0n) is 10.1. The second-order valence-corrected chi connectivity index (χ2v) is 5.39. The number of nitrogens with zero attached hydrogens (tertiary/aromatic N) is 1. The molecule has 0 bridgehead atoms. The number of hydrogen-bond acceptors (Lipinski definition) is 3. The predicted octanol–water partition coefficient (Wildman–Crippen LogP) is 2.83. The van der Waals surface area contributed by atoms with Gasteiger partial charge in [0.25, 0.3) is 0 Å². The SMILES string of the molecule is O[C@@H](COc1ccc(Cl)cc1Cl)CN1CCCC1. The topological polar surface area (TPSA) is 32.7 Å². The molecule has 0 saturated carbocycles. The van der Waals surface area contributed by atoms with Crippen LogP contribution in [0, 0.1) is 0 Å². The van der Waals surface area contributed by atoms with E-state index < -0.39 is 6.10 Å². The third kappa shape index (κ3) is 4.02. The third-order valence-corrected chi connectivity index (χ3v) is 3.52. The van der Waals surface area contributed by atoms with Crippen molar-refractivity contribution in [2.24, 2.45) is 0 Å². The molecule has 1 aliphatic rings. The second-order valence-electron chi connectivity index (χ2n) is 4.55. The van der Waals surface area contributed by atoms with Crippen molar-refractivity contribution in [3.05, 3.63) is 28.2 Å². The van der Waals surface area contributed by atoms with Gasteiger partial charge in [0.2, 0.25) is 0 Å². The van der Waals surface area contributed by atoms with Crippen LogP contribution >= 0.6 is 23.2 Å². The van der Waals surface area contributed by atoms with Crippen molar-refractivity contribution < 1.29 is 9.84 Å². The summed E-state index contributed by atoms with van der Waals surface area (Å²) in [5.41, 5.74) is 0. The van der Waals surface area contributed by atoms with Crippen LogP contribution in [0.5, 0.6) is 5.75 Å². The molecule has 1 saturated heterocycles. The molecule has 1 aromatic rings. The Labute approximate surface area is 117 Å². The largest absolute Gasteiger partial charge is 0.489 e. The zero-order chi connectivity index (χ0) is 13.0. The van der Waals surface area contributed by atoms with Crippen molar-refractivity contribution in [1.29, 1.82) is 0 Å². The summed E-state index contributed by atoms with van der Waals surface area (Å²) in [6.45, 7) is 3.04. The van der Waals surface area contributed by atoms with Crippen LogP contribution in [0.2, 0.25) is 10.0 Å². The first-order valence-electron chi connectivity index (χ1n) is 6.13. The van der Waals surface area contributed by atoms with Gasteiger partial charge in [-0.25, -0.2) is 0 Å². The molecule has 2 rings (SSSR count). The van der Waals surface area contributed by atoms with Crippen molar-refractivity contribution in [3.63, 3.8) is 0 Å². The Kier molecular flexibility index (Phi) is 5.13. The predicted molar refractivity (Wildman–Crippen MR) is 73.6 cm³/mol. The number of ether oxygens (including phenoxy) is 1. The molecule has 0 aromatic heterocycles. The van der Waals surface area contributed by atoms with Gasteiger partial charge in [0, 0.05) is 11.6 Å². The highest BCUT2D eigenvalue weighted by Crippen LogP contribution is 2.27. The van der Waals surface area contributed by atoms with Crippen molar-refractivity contribution in [2.75, 3.05) is 26.2 Å². The van der Waals surface area contributed by atoms with E-state index in [4.69, 9.17) is 27.9 Å². The van der Waals surface area contributed by atoms with Crippen LogP contribution < -0.4 is 4.74 Å². The Bertz CT molecular complexity index is 395. The van der Waals surface area contributed by atoms with Gasteiger partial charge in [-0.3, -0.25) is 0 Å². The Morgan fingerprint density at radius 3 is 2.67 bits per heavy atom. The van der Waals surface area contributed by atoms with E-state index in [0.717, 1.165) is 13.1 Å². The average molecular weight is 290 g/mol. The molecule has 5 heteroatoms. The van der Waals surface area contributed by atoms with Crippen molar-refractivity contribution in [1.82, 2.24) is 4.90 Å². The van der Waals surface area contributed by atoms with Gasteiger partial charge in [-0.15, -0.1) is 0 Å². The van der Waals surface area contributed by atoms with Crippen molar-refractivity contribution >= 4 is 23.2 Å². The van der Waals surface area contributed by atoms with Gasteiger partial charge in [0.15, 0.2) is 0 Å². The highest BCUT2D eigenvalue weighted by molar-refractivity contribution is 6.35. The van der Waals surface area contributed by atoms with E-state index in [1.807, 2.05) is 0 Å². The maximum absolute atomic E-state index is 9.88. The number of halogens is 2. The van der Waals surface area contributed by atoms with E-state index >= 15 is 0 Å². The maximum atomic E-state index is 9.88. The van der Waals surface area contributed by atoms with Crippen molar-refractivity contribution in [3.8, 4) is 5.75 Å². The summed E-state index contributed by atoms with van der Waals surface area (Å²) in [4.78, 5) is 2.25. The van der Waals surface area contributed by atoms with Crippen LogP contribution in [0.4, 0.5) is 0 Å². The molecule has 1 atom stereocenters. The summed E-state index contributed by atoms with van der Waals surface area (Å²) in [5.74, 6) is 0.557. The molecule has 0 radical (unpaired) electrons. The van der Waals surface area contributed by atoms with E-state index in [1.54, 1.807) is 18.2 Å². The minimum Gasteiger partial charge on any atom is -0.489 e. The number of rotatable bonds is 5. The van der Waals surface area contributed by atoms with Crippen LogP contribution in [0.1, 0.15) is 12.8 Å². The quantitative estimate of drug-likeness (QED) is 0.905. The molecular formula is C13H17Cl2NO2. The van der Waals surface area contributed by atoms with Crippen LogP contribution in [0.15, 0.2) is 18.2 Å². The lowest BCUT2D eigenvalue weighted by molar-refractivity contribution is 0.0759. The van der Waals surface area contributed by atoms with Gasteiger partial charge < -0.3 is 14.7 Å². The fraction of sp³-hybridized carbons (Fsp3) is 0.538. The molecule has 18 heavy (non-hydrogen) atoms. The number of aliphatic hydroxyl groups is 1. The first-order valence-corrected chi connectivity index (χ1v) is 6.89. The Morgan fingerprint density at radius 1 is 1.28 bits per heavy atom. The first-order chi connectivity index (χ1) is 8.65. The van der Waals surface area contributed by atoms with Gasteiger partial charge in [0.1, 0.15) is 18.5 Å². The molecule has 3 nitrogen and oxygen atoms in total. The Morgan fingerprint density at radius 2 is 2.00 bits per heavy atom. The number of hydrogen-bond donors (Lipinski definition) is 1. The lowest BCUT2D eigenvalue weighted by Gasteiger charge is -2.19. The van der Waals surface area contributed by atoms with Gasteiger partial charge >= 0.3 is 0 Å². The van der Waals surface area contributed by atoms with Crippen LogP contribution in [-0.2, 0) is 0 Å². The molecule has 1 aromatic carbocycles. The maximum Gasteiger partial charge on any atom is 0.138 e. The second kappa shape index (κ2) is 6.62.